The first-order valence-corrected chi connectivity index (χ1v) is 5.56. The van der Waals surface area contributed by atoms with Crippen molar-refractivity contribution in [1.82, 2.24) is 14.4 Å². The zero-order valence-electron chi connectivity index (χ0n) is 8.54. The zero-order valence-corrected chi connectivity index (χ0v) is 10.1. The first kappa shape index (κ1) is 11.1. The van der Waals surface area contributed by atoms with Gasteiger partial charge in [0.25, 0.3) is 0 Å². The number of nitrogens with zero attached hydrogens (tertiary/aromatic N) is 2. The molecule has 0 atom stereocenters. The molecule has 3 rings (SSSR count). The number of carbonyl (C=O) groups is 1. The smallest absolute Gasteiger partial charge is 0.355 e. The highest BCUT2D eigenvalue weighted by molar-refractivity contribution is 9.10. The van der Waals surface area contributed by atoms with Crippen LogP contribution < -0.4 is 0 Å². The molecule has 2 aromatic heterocycles. The van der Waals surface area contributed by atoms with Gasteiger partial charge in [-0.05, 0) is 15.9 Å². The molecule has 0 unspecified atom stereocenters. The number of carboxylic acid groups (broad SMARTS) is 1. The topological polar surface area (TPSA) is 70.4 Å². The van der Waals surface area contributed by atoms with E-state index in [4.69, 9.17) is 5.11 Å². The fourth-order valence-corrected chi connectivity index (χ4v) is 2.43. The molecule has 92 valence electrons. The van der Waals surface area contributed by atoms with E-state index in [0.717, 1.165) is 12.1 Å². The van der Waals surface area contributed by atoms with Gasteiger partial charge in [-0.25, -0.2) is 18.6 Å². The number of aromatic carboxylic acids is 1. The lowest BCUT2D eigenvalue weighted by molar-refractivity contribution is 0.0690. The summed E-state index contributed by atoms with van der Waals surface area (Å²) >= 11 is 3.07. The number of carboxylic acids is 1. The molecule has 8 heteroatoms. The maximum absolute atomic E-state index is 13.5. The van der Waals surface area contributed by atoms with Crippen molar-refractivity contribution in [2.75, 3.05) is 0 Å². The Morgan fingerprint density at radius 2 is 2.17 bits per heavy atom. The molecular weight excluding hydrogens is 312 g/mol. The fraction of sp³-hybridized carbons (Fsp3) is 0. The van der Waals surface area contributed by atoms with Crippen LogP contribution in [0.3, 0.4) is 0 Å². The Bertz CT molecular complexity index is 809. The normalized spacial score (nSPS) is 11.5. The monoisotopic (exact) mass is 315 g/mol. The second kappa shape index (κ2) is 3.52. The number of hydrogen-bond acceptors (Lipinski definition) is 2. The lowest BCUT2D eigenvalue weighted by atomic mass is 10.3. The van der Waals surface area contributed by atoms with E-state index >= 15 is 0 Å². The van der Waals surface area contributed by atoms with Gasteiger partial charge >= 0.3 is 5.97 Å². The predicted molar refractivity (Wildman–Crippen MR) is 61.6 cm³/mol. The number of fused-ring (bicyclic) bond motifs is 3. The summed E-state index contributed by atoms with van der Waals surface area (Å²) in [4.78, 5) is 17.3. The van der Waals surface area contributed by atoms with Gasteiger partial charge in [0.1, 0.15) is 15.9 Å². The van der Waals surface area contributed by atoms with Crippen LogP contribution in [0.2, 0.25) is 0 Å². The minimum absolute atomic E-state index is 0.0275. The van der Waals surface area contributed by atoms with E-state index in [-0.39, 0.29) is 27.1 Å². The summed E-state index contributed by atoms with van der Waals surface area (Å²) in [5, 5.41) is 8.92. The summed E-state index contributed by atoms with van der Waals surface area (Å²) in [7, 11) is 0. The number of rotatable bonds is 1. The summed E-state index contributed by atoms with van der Waals surface area (Å²) in [5.74, 6) is -2.63. The van der Waals surface area contributed by atoms with Crippen molar-refractivity contribution in [3.63, 3.8) is 0 Å². The van der Waals surface area contributed by atoms with Crippen molar-refractivity contribution >= 4 is 38.7 Å². The van der Waals surface area contributed by atoms with Crippen molar-refractivity contribution in [1.29, 1.82) is 0 Å². The van der Waals surface area contributed by atoms with Crippen molar-refractivity contribution in [3.05, 3.63) is 34.1 Å². The zero-order chi connectivity index (χ0) is 13.0. The van der Waals surface area contributed by atoms with E-state index in [0.29, 0.717) is 0 Å². The molecule has 0 aliphatic heterocycles. The van der Waals surface area contributed by atoms with Gasteiger partial charge in [0.05, 0.1) is 5.52 Å². The van der Waals surface area contributed by atoms with E-state index in [1.807, 2.05) is 0 Å². The van der Waals surface area contributed by atoms with Crippen LogP contribution in [0, 0.1) is 11.6 Å². The molecule has 0 bridgehead atoms. The van der Waals surface area contributed by atoms with Crippen LogP contribution in [0.15, 0.2) is 16.7 Å². The van der Waals surface area contributed by atoms with Gasteiger partial charge in [0.15, 0.2) is 11.5 Å². The Morgan fingerprint density at radius 3 is 2.83 bits per heavy atom. The summed E-state index contributed by atoms with van der Waals surface area (Å²) in [6, 6.07) is 1.81. The SMILES string of the molecule is O=C(O)c1[nH]c2nc3c(F)cc(F)cc3n2c1Br. The van der Waals surface area contributed by atoms with Crippen LogP contribution in [0.1, 0.15) is 10.5 Å². The number of imidazole rings is 2. The van der Waals surface area contributed by atoms with E-state index in [1.165, 1.54) is 4.40 Å². The summed E-state index contributed by atoms with van der Waals surface area (Å²) in [5.41, 5.74) is -0.0116. The van der Waals surface area contributed by atoms with Crippen LogP contribution in [-0.2, 0) is 0 Å². The molecule has 0 spiro atoms. The lowest BCUT2D eigenvalue weighted by Crippen LogP contribution is -1.98. The molecule has 1 aromatic carbocycles. The van der Waals surface area contributed by atoms with Gasteiger partial charge in [0, 0.05) is 12.1 Å². The van der Waals surface area contributed by atoms with Crippen LogP contribution in [0.4, 0.5) is 8.78 Å². The molecule has 0 saturated heterocycles. The summed E-state index contributed by atoms with van der Waals surface area (Å²) in [6.45, 7) is 0. The number of aromatic amines is 1. The van der Waals surface area contributed by atoms with Crippen LogP contribution in [0.25, 0.3) is 16.8 Å². The van der Waals surface area contributed by atoms with Gasteiger partial charge in [0.2, 0.25) is 5.78 Å². The molecule has 0 saturated carbocycles. The molecule has 2 N–H and O–H groups in total. The molecule has 3 aromatic rings. The van der Waals surface area contributed by atoms with E-state index in [9.17, 15) is 13.6 Å². The Kier molecular flexibility index (Phi) is 2.18. The fourth-order valence-electron chi connectivity index (χ4n) is 1.80. The quantitative estimate of drug-likeness (QED) is 0.725. The van der Waals surface area contributed by atoms with Crippen molar-refractivity contribution in [2.45, 2.75) is 0 Å². The number of halogens is 3. The van der Waals surface area contributed by atoms with Crippen molar-refractivity contribution < 1.29 is 18.7 Å². The maximum Gasteiger partial charge on any atom is 0.355 e. The first-order valence-electron chi connectivity index (χ1n) is 4.77. The number of nitrogens with one attached hydrogen (secondary N) is 1. The summed E-state index contributed by atoms with van der Waals surface area (Å²) in [6.07, 6.45) is 0. The Hall–Kier alpha value is -1.96. The van der Waals surface area contributed by atoms with E-state index in [2.05, 4.69) is 25.9 Å². The molecular formula is C10H4BrF2N3O2. The minimum Gasteiger partial charge on any atom is -0.476 e. The molecule has 0 fully saturated rings. The maximum atomic E-state index is 13.5. The largest absolute Gasteiger partial charge is 0.476 e. The van der Waals surface area contributed by atoms with Crippen LogP contribution in [0.5, 0.6) is 0 Å². The van der Waals surface area contributed by atoms with Gasteiger partial charge in [-0.15, -0.1) is 0 Å². The van der Waals surface area contributed by atoms with Crippen molar-refractivity contribution in [2.24, 2.45) is 0 Å². The third-order valence-corrected chi connectivity index (χ3v) is 3.28. The molecule has 0 aliphatic carbocycles. The average Bonchev–Trinajstić information content (AvgIpc) is 2.77. The van der Waals surface area contributed by atoms with Crippen LogP contribution in [-0.4, -0.2) is 25.4 Å². The third-order valence-electron chi connectivity index (χ3n) is 2.53. The standard InChI is InChI=1S/C10H4BrF2N3O2/c11-8-7(9(17)18)15-10-14-6-4(13)1-3(12)2-5(6)16(8)10/h1-2H,(H,14,15)(H,17,18). The number of hydrogen-bond donors (Lipinski definition) is 2. The molecule has 0 radical (unpaired) electrons. The van der Waals surface area contributed by atoms with E-state index in [1.54, 1.807) is 0 Å². The number of benzene rings is 1. The van der Waals surface area contributed by atoms with Gasteiger partial charge in [-0.3, -0.25) is 4.40 Å². The number of aromatic nitrogens is 3. The highest BCUT2D eigenvalue weighted by Gasteiger charge is 2.20. The lowest BCUT2D eigenvalue weighted by Gasteiger charge is -1.95. The molecule has 0 amide bonds. The Morgan fingerprint density at radius 1 is 1.44 bits per heavy atom. The van der Waals surface area contributed by atoms with Gasteiger partial charge in [-0.1, -0.05) is 0 Å². The Balaban J connectivity index is 2.51. The van der Waals surface area contributed by atoms with Gasteiger partial charge < -0.3 is 10.1 Å². The van der Waals surface area contributed by atoms with E-state index < -0.39 is 17.6 Å². The summed E-state index contributed by atoms with van der Waals surface area (Å²) < 4.78 is 28.1. The minimum atomic E-state index is -1.20. The molecule has 5 nitrogen and oxygen atoms in total. The first-order chi connectivity index (χ1) is 8.49. The Labute approximate surface area is 106 Å². The molecule has 0 aliphatic rings. The predicted octanol–water partition coefficient (Wildman–Crippen LogP) is 2.55. The van der Waals surface area contributed by atoms with Crippen molar-refractivity contribution in [3.8, 4) is 0 Å². The third kappa shape index (κ3) is 1.35. The highest BCUT2D eigenvalue weighted by Crippen LogP contribution is 2.26. The number of H-pyrrole nitrogens is 1. The van der Waals surface area contributed by atoms with Crippen LogP contribution >= 0.6 is 15.9 Å². The highest BCUT2D eigenvalue weighted by atomic mass is 79.9. The van der Waals surface area contributed by atoms with Gasteiger partial charge in [-0.2, -0.15) is 0 Å². The average molecular weight is 316 g/mol. The second-order valence-corrected chi connectivity index (χ2v) is 4.37. The molecule has 2 heterocycles. The molecule has 18 heavy (non-hydrogen) atoms. The second-order valence-electron chi connectivity index (χ2n) is 3.62.